The number of hydrogen-bond donors (Lipinski definition) is 8. The third kappa shape index (κ3) is 13.1. The smallest absolute Gasteiger partial charge is 0.351 e. The molecule has 0 saturated carbocycles. The van der Waals surface area contributed by atoms with Gasteiger partial charge in [0.15, 0.2) is 78.5 Å². The summed E-state index contributed by atoms with van der Waals surface area (Å²) in [5.41, 5.74) is -6.71. The van der Waals surface area contributed by atoms with Gasteiger partial charge in [-0.25, -0.2) is 63.1 Å². The van der Waals surface area contributed by atoms with E-state index in [0.717, 1.165) is 33.7 Å². The number of amides is 1. The molecular weight excluding hydrogens is 1180 g/mol. The number of H-pyrrole nitrogens is 2. The maximum Gasteiger partial charge on any atom is 0.351 e. The molecule has 1 aromatic carbocycles. The molecule has 86 heavy (non-hydrogen) atoms. The van der Waals surface area contributed by atoms with E-state index in [1.165, 1.54) is 26.0 Å². The zero-order valence-corrected chi connectivity index (χ0v) is 45.8. The molecule has 8 heterocycles. The number of nitrogens with one attached hydrogen (secondary N) is 3. The predicted molar refractivity (Wildman–Crippen MR) is 278 cm³/mol. The number of carbonyl (C=O) groups is 1. The highest BCUT2D eigenvalue weighted by Gasteiger charge is 2.58. The average Bonchev–Trinajstić information content (AvgIpc) is 1.80. The monoisotopic (exact) mass is 1240 g/mol. The summed E-state index contributed by atoms with van der Waals surface area (Å²) >= 11 is 0. The Morgan fingerprint density at radius 2 is 0.988 bits per heavy atom. The van der Waals surface area contributed by atoms with Crippen molar-refractivity contribution in [2.45, 2.75) is 125 Å². The van der Waals surface area contributed by atoms with Gasteiger partial charge in [-0.05, 0) is 25.0 Å². The summed E-state index contributed by atoms with van der Waals surface area (Å²) in [5.74, 6) is -5.84. The largest absolute Gasteiger partial charge is 0.393 e. The Balaban J connectivity index is 0.000000186. The molecule has 4 fully saturated rings. The molecule has 4 aliphatic heterocycles. The number of rotatable bonds is 14. The van der Waals surface area contributed by atoms with Crippen LogP contribution in [0.15, 0.2) is 96.0 Å². The van der Waals surface area contributed by atoms with Gasteiger partial charge in [0, 0.05) is 41.9 Å². The topological polar surface area (TPSA) is 352 Å². The molecule has 4 aromatic heterocycles. The van der Waals surface area contributed by atoms with Crippen molar-refractivity contribution in [3.8, 4) is 0 Å². The van der Waals surface area contributed by atoms with E-state index >= 15 is 0 Å². The summed E-state index contributed by atoms with van der Waals surface area (Å²) in [6.45, 7) is -0.0107. The van der Waals surface area contributed by atoms with E-state index in [1.54, 1.807) is 32.0 Å². The van der Waals surface area contributed by atoms with E-state index in [0.29, 0.717) is 27.9 Å². The molecule has 9 N–H and O–H groups in total. The zero-order chi connectivity index (χ0) is 64.0. The van der Waals surface area contributed by atoms with Gasteiger partial charge in [0.2, 0.25) is 0 Å². The second-order valence-electron chi connectivity index (χ2n) is 20.2. The fourth-order valence-corrected chi connectivity index (χ4v) is 9.57. The van der Waals surface area contributed by atoms with Gasteiger partial charge < -0.3 is 50.4 Å². The lowest BCUT2D eigenvalue weighted by atomic mass is 9.86. The van der Waals surface area contributed by atoms with Gasteiger partial charge in [0.1, 0.15) is 55.7 Å². The van der Waals surface area contributed by atoms with Crippen LogP contribution in [0.25, 0.3) is 0 Å². The first kappa shape index (κ1) is 67.7. The number of alkyl halides is 8. The molecule has 4 aliphatic rings. The summed E-state index contributed by atoms with van der Waals surface area (Å²) < 4.78 is 161. The summed E-state index contributed by atoms with van der Waals surface area (Å²) in [6, 6.07) is 10.00. The van der Waals surface area contributed by atoms with Gasteiger partial charge in [-0.15, -0.1) is 0 Å². The molecule has 0 bridgehead atoms. The van der Waals surface area contributed by atoms with Crippen LogP contribution in [-0.2, 0) is 18.9 Å². The van der Waals surface area contributed by atoms with E-state index in [1.807, 2.05) is 9.97 Å². The summed E-state index contributed by atoms with van der Waals surface area (Å²) in [5, 5.41) is 40.0. The van der Waals surface area contributed by atoms with Crippen LogP contribution in [0.3, 0.4) is 0 Å². The normalized spacial score (nSPS) is 31.9. The quantitative estimate of drug-likeness (QED) is 0.0735. The Bertz CT molecular complexity index is 3410. The van der Waals surface area contributed by atoms with Gasteiger partial charge in [0.05, 0.1) is 25.6 Å². The fourth-order valence-electron chi connectivity index (χ4n) is 9.57. The molecule has 5 aromatic rings. The van der Waals surface area contributed by atoms with Crippen LogP contribution in [0.4, 0.5) is 55.5 Å². The van der Waals surface area contributed by atoms with Crippen LogP contribution in [0.2, 0.25) is 0 Å². The van der Waals surface area contributed by atoms with Crippen LogP contribution in [0.5, 0.6) is 0 Å². The van der Waals surface area contributed by atoms with E-state index < -0.39 is 199 Å². The number of hydrogen-bond acceptors (Lipinski definition) is 18. The van der Waals surface area contributed by atoms with Crippen molar-refractivity contribution in [1.29, 1.82) is 0 Å². The fraction of sp³-hybridized carbons (Fsp3) is 0.549. The minimum absolute atomic E-state index is 0.0581. The van der Waals surface area contributed by atoms with Crippen LogP contribution >= 0.6 is 0 Å². The zero-order valence-electron chi connectivity index (χ0n) is 45.8. The Morgan fingerprint density at radius 3 is 1.38 bits per heavy atom. The van der Waals surface area contributed by atoms with Crippen molar-refractivity contribution in [3.63, 3.8) is 0 Å². The summed E-state index contributed by atoms with van der Waals surface area (Å²) in [7, 11) is 0. The third-order valence-electron chi connectivity index (χ3n) is 15.4. The summed E-state index contributed by atoms with van der Waals surface area (Å²) in [4.78, 5) is 91.5. The number of halogens is 10. The molecular formula is C51H60F10N10O15. The first-order chi connectivity index (χ1) is 40.6. The second kappa shape index (κ2) is 27.5. The van der Waals surface area contributed by atoms with Crippen LogP contribution in [0, 0.1) is 23.5 Å². The molecule has 9 rings (SSSR count). The molecule has 0 spiro atoms. The van der Waals surface area contributed by atoms with Gasteiger partial charge in [0.25, 0.3) is 17.0 Å². The number of carbonyl (C=O) groups excluding carboxylic acids is 1. The van der Waals surface area contributed by atoms with Crippen molar-refractivity contribution in [3.05, 3.63) is 147 Å². The van der Waals surface area contributed by atoms with Crippen molar-refractivity contribution in [2.24, 2.45) is 11.8 Å². The van der Waals surface area contributed by atoms with E-state index in [4.69, 9.17) is 29.8 Å². The highest BCUT2D eigenvalue weighted by atomic mass is 19.2. The first-order valence-corrected chi connectivity index (χ1v) is 26.0. The van der Waals surface area contributed by atoms with Gasteiger partial charge in [-0.3, -0.25) is 42.6 Å². The first-order valence-electron chi connectivity index (χ1n) is 26.0. The Labute approximate surface area is 477 Å². The predicted octanol–water partition coefficient (Wildman–Crippen LogP) is 1.77. The van der Waals surface area contributed by atoms with Gasteiger partial charge in [-0.2, -0.15) is 9.97 Å². The number of aliphatic hydroxyl groups is 4. The average molecular weight is 1240 g/mol. The van der Waals surface area contributed by atoms with Gasteiger partial charge >= 0.3 is 22.8 Å². The number of benzene rings is 1. The number of nitrogen functional groups attached to an aromatic ring is 1. The Morgan fingerprint density at radius 1 is 0.593 bits per heavy atom. The molecule has 35 heteroatoms. The van der Waals surface area contributed by atoms with E-state index in [-0.39, 0.29) is 12.0 Å². The van der Waals surface area contributed by atoms with Crippen molar-refractivity contribution in [1.82, 2.24) is 38.2 Å². The van der Waals surface area contributed by atoms with Crippen molar-refractivity contribution in [2.75, 3.05) is 51.0 Å². The Hall–Kier alpha value is -7.41. The molecule has 25 nitrogen and oxygen atoms in total. The highest BCUT2D eigenvalue weighted by Crippen LogP contribution is 2.46. The molecule has 1 amide bonds. The van der Waals surface area contributed by atoms with Crippen LogP contribution < -0.4 is 44.9 Å². The van der Waals surface area contributed by atoms with E-state index in [9.17, 15) is 92.8 Å². The Kier molecular flexibility index (Phi) is 21.7. The van der Waals surface area contributed by atoms with Crippen molar-refractivity contribution >= 4 is 17.5 Å². The minimum Gasteiger partial charge on any atom is -0.393 e. The molecule has 16 atom stereocenters. The molecule has 0 radical (unpaired) electrons. The summed E-state index contributed by atoms with van der Waals surface area (Å²) in [6.07, 6.45) is -14.0. The number of nitrogens with zero attached hydrogens (tertiary/aromatic N) is 6. The SMILES string of the molecule is CC[C@@]1(CF)O[C@@H](n2cc(F)c(NC(=O)c3ccccc3)nc2=O)[C@H](F)[C@@H]1O.CC[C@@]1(CF)O[C@@H](n2ccc(=O)[nH]c2=O)[C@H](F)[C@@H]1C.C[C@H]1[C@@H](F)[C@H](n2ccc(=O)[nH]c2=O)O[C@@]1(CO)CF.Nc1nc(=O)n([C@@H]2O[C@@](CO)(CF)[C@@H](O)[C@H]2F)cc1F. The molecule has 0 aliphatic carbocycles. The molecule has 0 unspecified atom stereocenters. The lowest BCUT2D eigenvalue weighted by molar-refractivity contribution is -0.138. The molecule has 474 valence electrons. The van der Waals surface area contributed by atoms with Gasteiger partial charge in [-0.1, -0.05) is 45.9 Å². The highest BCUT2D eigenvalue weighted by molar-refractivity contribution is 6.03. The number of nitrogens with two attached hydrogens (primary N) is 1. The van der Waals surface area contributed by atoms with Crippen LogP contribution in [0.1, 0.15) is 75.8 Å². The molecule has 4 saturated heterocycles. The third-order valence-corrected chi connectivity index (χ3v) is 15.4. The maximum absolute atomic E-state index is 14.5. The minimum atomic E-state index is -2.25. The lowest BCUT2D eigenvalue weighted by Crippen LogP contribution is -2.47. The number of aromatic amines is 2. The van der Waals surface area contributed by atoms with Crippen LogP contribution in [-0.4, -0.2) is 164 Å². The number of ether oxygens (including phenoxy) is 4. The lowest BCUT2D eigenvalue weighted by Gasteiger charge is -2.28. The van der Waals surface area contributed by atoms with E-state index in [2.05, 4.69) is 15.3 Å². The second-order valence-corrected chi connectivity index (χ2v) is 20.2. The standard InChI is InChI=1S/C18H18F3N3O4.C12H16F2N2O3.C11H14F2N2O4.C10H12F3N3O4/c1-2-18(9-19)13(25)12(21)16(28-18)24-8-11(20)14(23-17(24)27)22-15(26)10-6-4-3-5-7-10;1-3-12(6-13)7(2)9(14)10(19-12)16-5-4-8(17)15-11(16)18;1-6-8(13)9(19-11(6,4-12)5-16)15-3-2-7(17)14-10(15)18;11-2-10(3-17)6(18)5(13)8(20-10)16-1-4(12)7(14)15-9(16)19/h3-8,12-13,16,25H,2,9H2,1H3,(H,22,23,26,27);4-5,7,9-10H,3,6H2,1-2H3,(H,15,17,18);2-3,6,8-9,16H,4-5H2,1H3,(H,14,17,18);1,5-6,8,17-18H,2-3H2,(H2,14,15,19)/t12-,13+,16-,18+;7-,9+,10+,12-;6-,8+,9+,11+;5-,6+,8-,10-/m1001/s1. The van der Waals surface area contributed by atoms with Crippen molar-refractivity contribution < 1.29 is 88.1 Å². The number of anilines is 2. The maximum atomic E-state index is 14.5. The number of aliphatic hydroxyl groups excluding tert-OH is 4. The number of aromatic nitrogens is 8.